The van der Waals surface area contributed by atoms with E-state index in [0.29, 0.717) is 18.1 Å². The van der Waals surface area contributed by atoms with Crippen molar-refractivity contribution in [2.75, 3.05) is 7.05 Å². The summed E-state index contributed by atoms with van der Waals surface area (Å²) in [5, 5.41) is 0. The summed E-state index contributed by atoms with van der Waals surface area (Å²) >= 11 is 0. The van der Waals surface area contributed by atoms with Gasteiger partial charge in [0.05, 0.1) is 6.04 Å². The van der Waals surface area contributed by atoms with Crippen molar-refractivity contribution in [3.05, 3.63) is 0 Å². The first kappa shape index (κ1) is 10.7. The largest absolute Gasteiger partial charge is 0.299 e. The molecule has 0 N–H and O–H groups in total. The number of hydrogen-bond acceptors (Lipinski definition) is 2. The van der Waals surface area contributed by atoms with Gasteiger partial charge in [0, 0.05) is 12.1 Å². The average molecular weight is 182 g/mol. The molecule has 1 aliphatic carbocycles. The molecule has 0 radical (unpaired) electrons. The third-order valence-corrected chi connectivity index (χ3v) is 3.27. The van der Waals surface area contributed by atoms with Crippen LogP contribution < -0.4 is 0 Å². The molecule has 2 heteroatoms. The van der Waals surface area contributed by atoms with Crippen molar-refractivity contribution >= 4 is 6.72 Å². The molecule has 1 aliphatic rings. The Hall–Kier alpha value is -0.370. The number of nitrogens with zero attached hydrogens (tertiary/aromatic N) is 2. The fraction of sp³-hybridized carbons (Fsp3) is 0.909. The molecule has 0 heterocycles. The molecule has 0 aromatic carbocycles. The van der Waals surface area contributed by atoms with E-state index < -0.39 is 0 Å². The fourth-order valence-electron chi connectivity index (χ4n) is 2.16. The van der Waals surface area contributed by atoms with Crippen LogP contribution in [0, 0.1) is 0 Å². The van der Waals surface area contributed by atoms with Crippen LogP contribution in [0.4, 0.5) is 0 Å². The molecule has 0 saturated heterocycles. The van der Waals surface area contributed by atoms with E-state index in [0.717, 1.165) is 0 Å². The summed E-state index contributed by atoms with van der Waals surface area (Å²) in [6.07, 6.45) is 5.20. The summed E-state index contributed by atoms with van der Waals surface area (Å²) in [5.41, 5.74) is 0. The highest BCUT2D eigenvalue weighted by Gasteiger charge is 2.28. The van der Waals surface area contributed by atoms with Gasteiger partial charge in [-0.3, -0.25) is 9.89 Å². The van der Waals surface area contributed by atoms with E-state index in [1.807, 2.05) is 0 Å². The zero-order chi connectivity index (χ0) is 9.84. The van der Waals surface area contributed by atoms with Crippen molar-refractivity contribution in [2.45, 2.75) is 57.7 Å². The lowest BCUT2D eigenvalue weighted by molar-refractivity contribution is 0.138. The van der Waals surface area contributed by atoms with Crippen LogP contribution in [0.25, 0.3) is 0 Å². The first-order valence-electron chi connectivity index (χ1n) is 5.34. The van der Waals surface area contributed by atoms with Gasteiger partial charge in [0.2, 0.25) is 0 Å². The smallest absolute Gasteiger partial charge is 0.0647 e. The van der Waals surface area contributed by atoms with Crippen molar-refractivity contribution in [1.29, 1.82) is 0 Å². The maximum Gasteiger partial charge on any atom is 0.0647 e. The Morgan fingerprint density at radius 3 is 2.46 bits per heavy atom. The second-order valence-corrected chi connectivity index (χ2v) is 4.36. The standard InChI is InChI=1S/C11H22N2/c1-9(2)13(4)11-8-6-5-7-10(11)12-3/h9-11H,3,5-8H2,1-2,4H3. The lowest BCUT2D eigenvalue weighted by Gasteiger charge is -2.38. The summed E-state index contributed by atoms with van der Waals surface area (Å²) in [7, 11) is 2.21. The van der Waals surface area contributed by atoms with Crippen molar-refractivity contribution in [3.63, 3.8) is 0 Å². The highest BCUT2D eigenvalue weighted by molar-refractivity contribution is 5.24. The molecule has 1 rings (SSSR count). The molecule has 0 spiro atoms. The lowest BCUT2D eigenvalue weighted by Crippen LogP contribution is -2.45. The number of hydrogen-bond donors (Lipinski definition) is 0. The van der Waals surface area contributed by atoms with Crippen LogP contribution in [-0.2, 0) is 0 Å². The van der Waals surface area contributed by atoms with Crippen LogP contribution in [0.3, 0.4) is 0 Å². The minimum Gasteiger partial charge on any atom is -0.299 e. The Kier molecular flexibility index (Phi) is 3.91. The number of likely N-dealkylation sites (N-methyl/N-ethyl adjacent to an activating group) is 1. The van der Waals surface area contributed by atoms with E-state index >= 15 is 0 Å². The predicted molar refractivity (Wildman–Crippen MR) is 58.5 cm³/mol. The Labute approximate surface area is 82.0 Å². The second kappa shape index (κ2) is 4.75. The maximum absolute atomic E-state index is 4.24. The fourth-order valence-corrected chi connectivity index (χ4v) is 2.16. The first-order chi connectivity index (χ1) is 6.16. The van der Waals surface area contributed by atoms with E-state index in [1.165, 1.54) is 25.7 Å². The van der Waals surface area contributed by atoms with Gasteiger partial charge in [0.15, 0.2) is 0 Å². The molecule has 2 unspecified atom stereocenters. The molecule has 1 saturated carbocycles. The van der Waals surface area contributed by atoms with E-state index in [-0.39, 0.29) is 0 Å². The SMILES string of the molecule is C=NC1CCCCC1N(C)C(C)C. The minimum atomic E-state index is 0.473. The molecule has 0 bridgehead atoms. The monoisotopic (exact) mass is 182 g/mol. The molecule has 76 valence electrons. The topological polar surface area (TPSA) is 15.6 Å². The molecule has 0 aliphatic heterocycles. The number of aliphatic imine (C=N–C) groups is 1. The molecular formula is C11H22N2. The molecular weight excluding hydrogens is 160 g/mol. The number of rotatable bonds is 3. The highest BCUT2D eigenvalue weighted by Crippen LogP contribution is 2.25. The van der Waals surface area contributed by atoms with Crippen molar-refractivity contribution in [2.24, 2.45) is 4.99 Å². The van der Waals surface area contributed by atoms with Gasteiger partial charge in [-0.1, -0.05) is 12.8 Å². The quantitative estimate of drug-likeness (QED) is 0.612. The van der Waals surface area contributed by atoms with Gasteiger partial charge in [-0.05, 0) is 40.5 Å². The molecule has 0 amide bonds. The van der Waals surface area contributed by atoms with E-state index in [9.17, 15) is 0 Å². The third kappa shape index (κ3) is 2.53. The van der Waals surface area contributed by atoms with Crippen LogP contribution >= 0.6 is 0 Å². The van der Waals surface area contributed by atoms with Gasteiger partial charge < -0.3 is 0 Å². The zero-order valence-electron chi connectivity index (χ0n) is 9.16. The van der Waals surface area contributed by atoms with Crippen molar-refractivity contribution in [1.82, 2.24) is 4.90 Å². The maximum atomic E-state index is 4.24. The molecule has 0 aromatic rings. The summed E-state index contributed by atoms with van der Waals surface area (Å²) < 4.78 is 0. The Morgan fingerprint density at radius 1 is 1.31 bits per heavy atom. The highest BCUT2D eigenvalue weighted by atomic mass is 15.2. The molecule has 1 fully saturated rings. The van der Waals surface area contributed by atoms with Gasteiger partial charge in [-0.25, -0.2) is 0 Å². The van der Waals surface area contributed by atoms with Gasteiger partial charge in [-0.2, -0.15) is 0 Å². The van der Waals surface area contributed by atoms with Crippen molar-refractivity contribution < 1.29 is 0 Å². The second-order valence-electron chi connectivity index (χ2n) is 4.36. The van der Waals surface area contributed by atoms with Crippen molar-refractivity contribution in [3.8, 4) is 0 Å². The van der Waals surface area contributed by atoms with Gasteiger partial charge in [0.1, 0.15) is 0 Å². The van der Waals surface area contributed by atoms with Crippen LogP contribution in [0.2, 0.25) is 0 Å². The summed E-state index contributed by atoms with van der Waals surface area (Å²) in [6.45, 7) is 8.19. The average Bonchev–Trinajstić information content (AvgIpc) is 2.16. The molecule has 2 nitrogen and oxygen atoms in total. The first-order valence-corrected chi connectivity index (χ1v) is 5.34. The Bertz CT molecular complexity index is 165. The lowest BCUT2D eigenvalue weighted by atomic mass is 9.89. The minimum absolute atomic E-state index is 0.473. The van der Waals surface area contributed by atoms with E-state index in [1.54, 1.807) is 0 Å². The van der Waals surface area contributed by atoms with Gasteiger partial charge in [0.25, 0.3) is 0 Å². The normalized spacial score (nSPS) is 29.6. The van der Waals surface area contributed by atoms with Crippen LogP contribution in [-0.4, -0.2) is 36.8 Å². The summed E-state index contributed by atoms with van der Waals surface area (Å²) in [6, 6.07) is 1.72. The molecule has 2 atom stereocenters. The van der Waals surface area contributed by atoms with Crippen LogP contribution in [0.1, 0.15) is 39.5 Å². The zero-order valence-corrected chi connectivity index (χ0v) is 9.16. The predicted octanol–water partition coefficient (Wildman–Crippen LogP) is 2.34. The molecule has 0 aromatic heterocycles. The molecule has 13 heavy (non-hydrogen) atoms. The van der Waals surface area contributed by atoms with Crippen LogP contribution in [0.5, 0.6) is 0 Å². The summed E-state index contributed by atoms with van der Waals surface area (Å²) in [4.78, 5) is 6.68. The third-order valence-electron chi connectivity index (χ3n) is 3.27. The van der Waals surface area contributed by atoms with E-state index in [4.69, 9.17) is 0 Å². The summed E-state index contributed by atoms with van der Waals surface area (Å²) in [5.74, 6) is 0. The Morgan fingerprint density at radius 2 is 1.92 bits per heavy atom. The van der Waals surface area contributed by atoms with E-state index in [2.05, 4.69) is 37.5 Å². The van der Waals surface area contributed by atoms with Crippen LogP contribution in [0.15, 0.2) is 4.99 Å². The Balaban J connectivity index is 2.58. The van der Waals surface area contributed by atoms with Gasteiger partial charge >= 0.3 is 0 Å². The van der Waals surface area contributed by atoms with Gasteiger partial charge in [-0.15, -0.1) is 0 Å².